The molecule has 0 unspecified atom stereocenters. The molecule has 126 valence electrons. The van der Waals surface area contributed by atoms with Crippen molar-refractivity contribution in [2.45, 2.75) is 45.1 Å². The summed E-state index contributed by atoms with van der Waals surface area (Å²) in [5, 5.41) is 3.11. The number of hydrogen-bond donors (Lipinski definition) is 1. The Morgan fingerprint density at radius 1 is 1.08 bits per heavy atom. The van der Waals surface area contributed by atoms with E-state index in [0.717, 1.165) is 30.8 Å². The number of aromatic nitrogens is 1. The highest BCUT2D eigenvalue weighted by Gasteiger charge is 2.17. The zero-order valence-electron chi connectivity index (χ0n) is 14.2. The number of nitrogens with zero attached hydrogens (tertiary/aromatic N) is 2. The van der Waals surface area contributed by atoms with Gasteiger partial charge in [-0.15, -0.1) is 0 Å². The van der Waals surface area contributed by atoms with Gasteiger partial charge in [-0.3, -0.25) is 4.79 Å². The van der Waals surface area contributed by atoms with Crippen LogP contribution >= 0.6 is 0 Å². The quantitative estimate of drug-likeness (QED) is 0.892. The third-order valence-corrected chi connectivity index (χ3v) is 4.62. The maximum atomic E-state index is 12.3. The highest BCUT2D eigenvalue weighted by Crippen LogP contribution is 2.24. The standard InChI is InChI=1S/C20H25N3O/c1-2-23(17-11-7-4-8-12-17)18-13-14-19(21-15-18)20(24)22-16-9-5-3-6-10-16/h4,7-8,11-16H,2-3,5-6,9-10H2,1H3,(H,22,24). The van der Waals surface area contributed by atoms with Crippen molar-refractivity contribution in [2.24, 2.45) is 0 Å². The summed E-state index contributed by atoms with van der Waals surface area (Å²) in [4.78, 5) is 18.9. The summed E-state index contributed by atoms with van der Waals surface area (Å²) in [6.07, 6.45) is 7.65. The largest absolute Gasteiger partial charge is 0.348 e. The molecule has 1 aromatic carbocycles. The van der Waals surface area contributed by atoms with Crippen LogP contribution in [0.15, 0.2) is 48.7 Å². The van der Waals surface area contributed by atoms with Gasteiger partial charge < -0.3 is 10.2 Å². The second kappa shape index (κ2) is 7.95. The number of carbonyl (C=O) groups is 1. The average Bonchev–Trinajstić information content (AvgIpc) is 2.65. The third-order valence-electron chi connectivity index (χ3n) is 4.62. The molecule has 0 spiro atoms. The topological polar surface area (TPSA) is 45.2 Å². The minimum atomic E-state index is -0.0591. The molecule has 1 aliphatic carbocycles. The van der Waals surface area contributed by atoms with Crippen molar-refractivity contribution in [2.75, 3.05) is 11.4 Å². The number of hydrogen-bond acceptors (Lipinski definition) is 3. The van der Waals surface area contributed by atoms with E-state index < -0.39 is 0 Å². The fraction of sp³-hybridized carbons (Fsp3) is 0.400. The Bertz CT molecular complexity index is 648. The highest BCUT2D eigenvalue weighted by atomic mass is 16.1. The van der Waals surface area contributed by atoms with E-state index in [0.29, 0.717) is 11.7 Å². The number of benzene rings is 1. The first-order valence-electron chi connectivity index (χ1n) is 8.87. The number of anilines is 2. The van der Waals surface area contributed by atoms with Gasteiger partial charge in [0, 0.05) is 18.3 Å². The molecule has 1 N–H and O–H groups in total. The van der Waals surface area contributed by atoms with Gasteiger partial charge in [-0.05, 0) is 44.0 Å². The molecule has 1 heterocycles. The van der Waals surface area contributed by atoms with Gasteiger partial charge in [0.15, 0.2) is 0 Å². The third kappa shape index (κ3) is 3.94. The zero-order chi connectivity index (χ0) is 16.8. The van der Waals surface area contributed by atoms with Gasteiger partial charge in [-0.1, -0.05) is 37.5 Å². The first-order valence-corrected chi connectivity index (χ1v) is 8.87. The lowest BCUT2D eigenvalue weighted by molar-refractivity contribution is 0.0922. The minimum Gasteiger partial charge on any atom is -0.348 e. The van der Waals surface area contributed by atoms with Crippen LogP contribution in [0.2, 0.25) is 0 Å². The van der Waals surface area contributed by atoms with E-state index in [1.54, 1.807) is 6.20 Å². The van der Waals surface area contributed by atoms with E-state index in [-0.39, 0.29) is 5.91 Å². The lowest BCUT2D eigenvalue weighted by atomic mass is 9.95. The van der Waals surface area contributed by atoms with Gasteiger partial charge in [-0.2, -0.15) is 0 Å². The Hall–Kier alpha value is -2.36. The van der Waals surface area contributed by atoms with Crippen molar-refractivity contribution < 1.29 is 4.79 Å². The van der Waals surface area contributed by atoms with Crippen LogP contribution in [-0.4, -0.2) is 23.5 Å². The molecule has 3 rings (SSSR count). The Labute approximate surface area is 143 Å². The summed E-state index contributed by atoms with van der Waals surface area (Å²) in [6, 6.07) is 14.3. The number of para-hydroxylation sites is 1. The van der Waals surface area contributed by atoms with Crippen LogP contribution in [0.25, 0.3) is 0 Å². The van der Waals surface area contributed by atoms with Gasteiger partial charge in [0.1, 0.15) is 5.69 Å². The average molecular weight is 323 g/mol. The van der Waals surface area contributed by atoms with E-state index >= 15 is 0 Å². The minimum absolute atomic E-state index is 0.0591. The van der Waals surface area contributed by atoms with E-state index in [4.69, 9.17) is 0 Å². The fourth-order valence-corrected chi connectivity index (χ4v) is 3.31. The summed E-state index contributed by atoms with van der Waals surface area (Å²) in [7, 11) is 0. The smallest absolute Gasteiger partial charge is 0.270 e. The van der Waals surface area contributed by atoms with Crippen molar-refractivity contribution in [1.29, 1.82) is 0 Å². The molecule has 4 heteroatoms. The number of amides is 1. The Kier molecular flexibility index (Phi) is 5.47. The molecule has 0 radical (unpaired) electrons. The lowest BCUT2D eigenvalue weighted by Crippen LogP contribution is -2.36. The second-order valence-electron chi connectivity index (χ2n) is 6.29. The van der Waals surface area contributed by atoms with Crippen LogP contribution < -0.4 is 10.2 Å². The molecule has 1 aliphatic rings. The van der Waals surface area contributed by atoms with Crippen LogP contribution in [0, 0.1) is 0 Å². The predicted molar refractivity (Wildman–Crippen MR) is 97.7 cm³/mol. The Morgan fingerprint density at radius 3 is 2.46 bits per heavy atom. The summed E-state index contributed by atoms with van der Waals surface area (Å²) in [5.41, 5.74) is 2.62. The van der Waals surface area contributed by atoms with Crippen LogP contribution in [0.3, 0.4) is 0 Å². The monoisotopic (exact) mass is 323 g/mol. The maximum absolute atomic E-state index is 12.3. The van der Waals surface area contributed by atoms with E-state index in [2.05, 4.69) is 34.3 Å². The molecule has 24 heavy (non-hydrogen) atoms. The summed E-state index contributed by atoms with van der Waals surface area (Å²) in [6.45, 7) is 2.95. The number of nitrogens with one attached hydrogen (secondary N) is 1. The molecule has 2 aromatic rings. The molecule has 0 saturated heterocycles. The van der Waals surface area contributed by atoms with E-state index in [9.17, 15) is 4.79 Å². The van der Waals surface area contributed by atoms with Crippen LogP contribution in [0.1, 0.15) is 49.5 Å². The number of rotatable bonds is 5. The Morgan fingerprint density at radius 2 is 1.83 bits per heavy atom. The summed E-state index contributed by atoms with van der Waals surface area (Å²) in [5.74, 6) is -0.0591. The molecular formula is C20H25N3O. The van der Waals surface area contributed by atoms with Crippen LogP contribution in [-0.2, 0) is 0 Å². The molecular weight excluding hydrogens is 298 g/mol. The van der Waals surface area contributed by atoms with Gasteiger partial charge >= 0.3 is 0 Å². The highest BCUT2D eigenvalue weighted by molar-refractivity contribution is 5.92. The normalized spacial score (nSPS) is 15.0. The fourth-order valence-electron chi connectivity index (χ4n) is 3.31. The first kappa shape index (κ1) is 16.5. The Balaban J connectivity index is 1.69. The van der Waals surface area contributed by atoms with Gasteiger partial charge in [0.25, 0.3) is 5.91 Å². The molecule has 0 bridgehead atoms. The zero-order valence-corrected chi connectivity index (χ0v) is 14.2. The van der Waals surface area contributed by atoms with Gasteiger partial charge in [-0.25, -0.2) is 4.98 Å². The van der Waals surface area contributed by atoms with Gasteiger partial charge in [0.2, 0.25) is 0 Å². The molecule has 1 amide bonds. The van der Waals surface area contributed by atoms with E-state index in [1.165, 1.54) is 19.3 Å². The molecule has 4 nitrogen and oxygen atoms in total. The maximum Gasteiger partial charge on any atom is 0.270 e. The first-order chi connectivity index (χ1) is 11.8. The van der Waals surface area contributed by atoms with Crippen molar-refractivity contribution in [3.05, 3.63) is 54.4 Å². The van der Waals surface area contributed by atoms with Crippen molar-refractivity contribution in [3.63, 3.8) is 0 Å². The van der Waals surface area contributed by atoms with Crippen molar-refractivity contribution in [1.82, 2.24) is 10.3 Å². The molecule has 1 fully saturated rings. The predicted octanol–water partition coefficient (Wildman–Crippen LogP) is 4.30. The number of pyridine rings is 1. The van der Waals surface area contributed by atoms with E-state index in [1.807, 2.05) is 30.3 Å². The molecule has 0 aliphatic heterocycles. The van der Waals surface area contributed by atoms with Crippen LogP contribution in [0.5, 0.6) is 0 Å². The number of carbonyl (C=O) groups excluding carboxylic acids is 1. The molecule has 1 aromatic heterocycles. The van der Waals surface area contributed by atoms with Gasteiger partial charge in [0.05, 0.1) is 11.9 Å². The summed E-state index contributed by atoms with van der Waals surface area (Å²) >= 11 is 0. The lowest BCUT2D eigenvalue weighted by Gasteiger charge is -2.24. The molecule has 1 saturated carbocycles. The van der Waals surface area contributed by atoms with Crippen molar-refractivity contribution >= 4 is 17.3 Å². The molecule has 0 atom stereocenters. The SMILES string of the molecule is CCN(c1ccccc1)c1ccc(C(=O)NC2CCCCC2)nc1. The summed E-state index contributed by atoms with van der Waals surface area (Å²) < 4.78 is 0. The second-order valence-corrected chi connectivity index (χ2v) is 6.29. The van der Waals surface area contributed by atoms with Crippen molar-refractivity contribution in [3.8, 4) is 0 Å². The van der Waals surface area contributed by atoms with Crippen LogP contribution in [0.4, 0.5) is 11.4 Å².